The second kappa shape index (κ2) is 10.7. The third-order valence-electron chi connectivity index (χ3n) is 4.65. The van der Waals surface area contributed by atoms with E-state index in [9.17, 15) is 9.59 Å². The van der Waals surface area contributed by atoms with Crippen molar-refractivity contribution in [1.82, 2.24) is 15.2 Å². The highest BCUT2D eigenvalue weighted by atomic mass is 16.5. The zero-order valence-electron chi connectivity index (χ0n) is 17.6. The first-order chi connectivity index (χ1) is 15.0. The SMILES string of the molecule is CNC(=O)c1ccc(CN(C)C(=O)/C=C/c2ccc(OCc3ccccn3)cc2)cc1. The fourth-order valence-electron chi connectivity index (χ4n) is 2.87. The van der Waals surface area contributed by atoms with Gasteiger partial charge < -0.3 is 15.0 Å². The Hall–Kier alpha value is -3.93. The minimum atomic E-state index is -0.132. The lowest BCUT2D eigenvalue weighted by atomic mass is 10.1. The fraction of sp³-hybridized carbons (Fsp3) is 0.160. The van der Waals surface area contributed by atoms with Crippen LogP contribution < -0.4 is 10.1 Å². The highest BCUT2D eigenvalue weighted by Gasteiger charge is 2.07. The van der Waals surface area contributed by atoms with Gasteiger partial charge in [0.25, 0.3) is 5.91 Å². The number of pyridine rings is 1. The molecular weight excluding hydrogens is 390 g/mol. The zero-order valence-corrected chi connectivity index (χ0v) is 17.6. The largest absolute Gasteiger partial charge is 0.487 e. The van der Waals surface area contributed by atoms with Crippen molar-refractivity contribution < 1.29 is 14.3 Å². The number of benzene rings is 2. The topological polar surface area (TPSA) is 71.5 Å². The standard InChI is InChI=1S/C25H25N3O3/c1-26-25(30)21-11-6-20(7-12-21)17-28(2)24(29)15-10-19-8-13-23(14-9-19)31-18-22-5-3-4-16-27-22/h3-16H,17-18H2,1-2H3,(H,26,30)/b15-10+. The molecule has 0 saturated carbocycles. The van der Waals surface area contributed by atoms with Gasteiger partial charge in [-0.05, 0) is 53.6 Å². The number of nitrogens with one attached hydrogen (secondary N) is 1. The van der Waals surface area contributed by atoms with Gasteiger partial charge in [-0.25, -0.2) is 0 Å². The molecule has 0 unspecified atom stereocenters. The predicted molar refractivity (Wildman–Crippen MR) is 120 cm³/mol. The smallest absolute Gasteiger partial charge is 0.251 e. The van der Waals surface area contributed by atoms with Crippen LogP contribution in [0.25, 0.3) is 6.08 Å². The van der Waals surface area contributed by atoms with Gasteiger partial charge >= 0.3 is 0 Å². The van der Waals surface area contributed by atoms with Gasteiger partial charge in [-0.3, -0.25) is 14.6 Å². The van der Waals surface area contributed by atoms with Crippen LogP contribution in [0.15, 0.2) is 79.0 Å². The summed E-state index contributed by atoms with van der Waals surface area (Å²) in [6.07, 6.45) is 5.05. The lowest BCUT2D eigenvalue weighted by Gasteiger charge is -2.15. The van der Waals surface area contributed by atoms with Crippen LogP contribution in [0.3, 0.4) is 0 Å². The van der Waals surface area contributed by atoms with Crippen molar-refractivity contribution in [2.45, 2.75) is 13.2 Å². The third-order valence-corrected chi connectivity index (χ3v) is 4.65. The molecule has 31 heavy (non-hydrogen) atoms. The summed E-state index contributed by atoms with van der Waals surface area (Å²) >= 11 is 0. The summed E-state index contributed by atoms with van der Waals surface area (Å²) in [5.41, 5.74) is 3.31. The maximum atomic E-state index is 12.4. The monoisotopic (exact) mass is 415 g/mol. The van der Waals surface area contributed by atoms with Gasteiger partial charge in [-0.15, -0.1) is 0 Å². The number of amides is 2. The zero-order chi connectivity index (χ0) is 22.1. The summed E-state index contributed by atoms with van der Waals surface area (Å²) in [5, 5.41) is 2.59. The van der Waals surface area contributed by atoms with Crippen LogP contribution in [0.2, 0.25) is 0 Å². The van der Waals surface area contributed by atoms with Crippen LogP contribution in [0.1, 0.15) is 27.2 Å². The van der Waals surface area contributed by atoms with Gasteiger partial charge in [0.15, 0.2) is 0 Å². The van der Waals surface area contributed by atoms with E-state index in [1.54, 1.807) is 49.5 Å². The van der Waals surface area contributed by atoms with Crippen LogP contribution in [0.4, 0.5) is 0 Å². The first-order valence-electron chi connectivity index (χ1n) is 9.92. The van der Waals surface area contributed by atoms with E-state index in [1.165, 1.54) is 0 Å². The van der Waals surface area contributed by atoms with Crippen LogP contribution in [0.5, 0.6) is 5.75 Å². The van der Waals surface area contributed by atoms with Gasteiger partial charge in [0, 0.05) is 38.5 Å². The molecule has 6 nitrogen and oxygen atoms in total. The molecule has 1 heterocycles. The first kappa shape index (κ1) is 21.8. The predicted octanol–water partition coefficient (Wildman–Crippen LogP) is 3.69. The molecular formula is C25H25N3O3. The van der Waals surface area contributed by atoms with E-state index in [2.05, 4.69) is 10.3 Å². The van der Waals surface area contributed by atoms with Crippen molar-refractivity contribution in [2.75, 3.05) is 14.1 Å². The Morgan fingerprint density at radius 3 is 2.42 bits per heavy atom. The summed E-state index contributed by atoms with van der Waals surface area (Å²) < 4.78 is 5.72. The van der Waals surface area contributed by atoms with E-state index >= 15 is 0 Å². The number of hydrogen-bond acceptors (Lipinski definition) is 4. The Kier molecular flexibility index (Phi) is 7.54. The Balaban J connectivity index is 1.51. The molecule has 2 aromatic carbocycles. The quantitative estimate of drug-likeness (QED) is 0.570. The van der Waals surface area contributed by atoms with Gasteiger partial charge in [0.1, 0.15) is 12.4 Å². The highest BCUT2D eigenvalue weighted by Crippen LogP contribution is 2.15. The second-order valence-electron chi connectivity index (χ2n) is 6.98. The Bertz CT molecular complexity index is 1030. The molecule has 0 spiro atoms. The fourth-order valence-corrected chi connectivity index (χ4v) is 2.87. The van der Waals surface area contributed by atoms with Crippen molar-refractivity contribution >= 4 is 17.9 Å². The summed E-state index contributed by atoms with van der Waals surface area (Å²) in [5.74, 6) is 0.504. The molecule has 0 fully saturated rings. The molecule has 0 aliphatic rings. The molecule has 0 saturated heterocycles. The molecule has 1 aromatic heterocycles. The molecule has 0 atom stereocenters. The average Bonchev–Trinajstić information content (AvgIpc) is 2.82. The second-order valence-corrected chi connectivity index (χ2v) is 6.98. The molecule has 0 radical (unpaired) electrons. The van der Waals surface area contributed by atoms with E-state index in [1.807, 2.05) is 54.6 Å². The molecule has 2 amide bonds. The number of nitrogens with zero attached hydrogens (tertiary/aromatic N) is 2. The van der Waals surface area contributed by atoms with E-state index in [4.69, 9.17) is 4.74 Å². The summed E-state index contributed by atoms with van der Waals surface area (Å²) in [7, 11) is 3.34. The molecule has 0 aliphatic heterocycles. The number of ether oxygens (including phenoxy) is 1. The minimum absolute atomic E-state index is 0.106. The normalized spacial score (nSPS) is 10.6. The van der Waals surface area contributed by atoms with Crippen molar-refractivity contribution in [1.29, 1.82) is 0 Å². The van der Waals surface area contributed by atoms with E-state index in [0.717, 1.165) is 22.6 Å². The number of rotatable bonds is 8. The van der Waals surface area contributed by atoms with Crippen LogP contribution >= 0.6 is 0 Å². The van der Waals surface area contributed by atoms with E-state index in [0.29, 0.717) is 18.7 Å². The Morgan fingerprint density at radius 1 is 1.03 bits per heavy atom. The van der Waals surface area contributed by atoms with Crippen LogP contribution in [-0.4, -0.2) is 35.8 Å². The minimum Gasteiger partial charge on any atom is -0.487 e. The maximum absolute atomic E-state index is 12.4. The van der Waals surface area contributed by atoms with Gasteiger partial charge in [-0.1, -0.05) is 30.3 Å². The van der Waals surface area contributed by atoms with Gasteiger partial charge in [0.2, 0.25) is 5.91 Å². The lowest BCUT2D eigenvalue weighted by molar-refractivity contribution is -0.125. The molecule has 3 rings (SSSR count). The first-order valence-corrected chi connectivity index (χ1v) is 9.92. The summed E-state index contributed by atoms with van der Waals surface area (Å²) in [6, 6.07) is 20.4. The number of likely N-dealkylation sites (N-methyl/N-ethyl adjacent to an activating group) is 1. The molecule has 158 valence electrons. The number of hydrogen-bond donors (Lipinski definition) is 1. The van der Waals surface area contributed by atoms with Crippen LogP contribution in [0, 0.1) is 0 Å². The number of aromatic nitrogens is 1. The molecule has 0 bridgehead atoms. The van der Waals surface area contributed by atoms with E-state index in [-0.39, 0.29) is 11.8 Å². The van der Waals surface area contributed by atoms with Crippen molar-refractivity contribution in [3.63, 3.8) is 0 Å². The van der Waals surface area contributed by atoms with Gasteiger partial charge in [-0.2, -0.15) is 0 Å². The van der Waals surface area contributed by atoms with Gasteiger partial charge in [0.05, 0.1) is 5.69 Å². The summed E-state index contributed by atoms with van der Waals surface area (Å²) in [6.45, 7) is 0.862. The van der Waals surface area contributed by atoms with E-state index < -0.39 is 0 Å². The number of carbonyl (C=O) groups excluding carboxylic acids is 2. The molecule has 3 aromatic rings. The van der Waals surface area contributed by atoms with Crippen molar-refractivity contribution in [2.24, 2.45) is 0 Å². The maximum Gasteiger partial charge on any atom is 0.251 e. The highest BCUT2D eigenvalue weighted by molar-refractivity contribution is 5.94. The number of carbonyl (C=O) groups is 2. The molecule has 0 aliphatic carbocycles. The van der Waals surface area contributed by atoms with Crippen molar-refractivity contribution in [3.05, 3.63) is 101 Å². The van der Waals surface area contributed by atoms with Crippen molar-refractivity contribution in [3.8, 4) is 5.75 Å². The lowest BCUT2D eigenvalue weighted by Crippen LogP contribution is -2.24. The molecule has 1 N–H and O–H groups in total. The Morgan fingerprint density at radius 2 is 1.77 bits per heavy atom. The van der Waals surface area contributed by atoms with Crippen LogP contribution in [-0.2, 0) is 17.9 Å². The molecule has 6 heteroatoms. The average molecular weight is 415 g/mol. The third kappa shape index (κ3) is 6.54. The summed E-state index contributed by atoms with van der Waals surface area (Å²) in [4.78, 5) is 29.9. The Labute approximate surface area is 182 Å².